The fourth-order valence-electron chi connectivity index (χ4n) is 9.27. The highest BCUT2D eigenvalue weighted by atomic mass is 31.2. The van der Waals surface area contributed by atoms with Gasteiger partial charge in [-0.2, -0.15) is 0 Å². The number of hydrogen-bond acceptors (Lipinski definition) is 6. The first-order valence-corrected chi connectivity index (χ1v) is 34.3. The van der Waals surface area contributed by atoms with Crippen LogP contribution in [0.2, 0.25) is 0 Å². The van der Waals surface area contributed by atoms with Crippen molar-refractivity contribution in [3.63, 3.8) is 0 Å². The van der Waals surface area contributed by atoms with E-state index in [1.807, 2.05) is 33.3 Å². The van der Waals surface area contributed by atoms with E-state index < -0.39 is 20.0 Å². The van der Waals surface area contributed by atoms with Crippen molar-refractivity contribution < 1.29 is 37.3 Å². The fourth-order valence-corrected chi connectivity index (χ4v) is 10.0. The van der Waals surface area contributed by atoms with Gasteiger partial charge in [-0.3, -0.25) is 18.6 Å². The van der Waals surface area contributed by atoms with E-state index >= 15 is 0 Å². The Morgan fingerprint density at radius 1 is 0.449 bits per heavy atom. The summed E-state index contributed by atoms with van der Waals surface area (Å²) in [4.78, 5) is 37.8. The maximum atomic E-state index is 13.6. The zero-order chi connectivity index (χ0) is 57.2. The third kappa shape index (κ3) is 58.1. The zero-order valence-electron chi connectivity index (χ0n) is 51.9. The zero-order valence-corrected chi connectivity index (χ0v) is 52.8. The van der Waals surface area contributed by atoms with Crippen LogP contribution < -0.4 is 5.32 Å². The van der Waals surface area contributed by atoms with Gasteiger partial charge in [0.1, 0.15) is 19.3 Å². The normalized spacial score (nSPS) is 14.1. The minimum atomic E-state index is -4.46. The number of ether oxygens (including phenoxy) is 1. The van der Waals surface area contributed by atoms with Crippen LogP contribution in [0.15, 0.2) is 72.9 Å². The van der Waals surface area contributed by atoms with E-state index in [0.717, 1.165) is 77.0 Å². The molecule has 0 radical (unpaired) electrons. The standard InChI is InChI=1S/C68H125N2O7P/c1-7-10-13-16-19-22-25-28-30-32-34-35-37-39-41-43-46-49-52-55-58-61-68(72)77-66(59-56-53-50-47-44-27-24-21-18-15-12-9-3)65(64-76-78(73,74)75-63-62-70(4,5)6)69-67(71)60-57-54-51-48-45-42-40-38-36-33-31-29-26-23-20-17-14-11-8-2/h20,23,28-31,36,38,42,45,56,59,65-66H,7-19,21-22,24-27,32-35,37,39-41,43-44,46-55,57-58,60-64H2,1-6H3,(H-,69,71,73,74)/p+1/b23-20-,30-28+,31-29-,38-36-,45-42-,59-56+. The van der Waals surface area contributed by atoms with Crippen molar-refractivity contribution in [2.45, 2.75) is 309 Å². The van der Waals surface area contributed by atoms with Crippen molar-refractivity contribution in [1.29, 1.82) is 0 Å². The van der Waals surface area contributed by atoms with Crippen molar-refractivity contribution in [2.75, 3.05) is 40.9 Å². The molecule has 1 amide bonds. The summed E-state index contributed by atoms with van der Waals surface area (Å²) in [5.41, 5.74) is 0. The number of allylic oxidation sites excluding steroid dienone is 11. The molecule has 0 rings (SSSR count). The van der Waals surface area contributed by atoms with Crippen molar-refractivity contribution in [1.82, 2.24) is 5.32 Å². The predicted molar refractivity (Wildman–Crippen MR) is 337 cm³/mol. The molecular formula is C68H126N2O7P+. The number of esters is 1. The van der Waals surface area contributed by atoms with E-state index in [1.54, 1.807) is 0 Å². The van der Waals surface area contributed by atoms with Gasteiger partial charge in [-0.05, 0) is 102 Å². The van der Waals surface area contributed by atoms with Crippen LogP contribution in [0.25, 0.3) is 0 Å². The number of carbonyl (C=O) groups excluding carboxylic acids is 2. The number of nitrogens with zero attached hydrogens (tertiary/aromatic N) is 1. The molecule has 454 valence electrons. The Bertz CT molecular complexity index is 1570. The van der Waals surface area contributed by atoms with Gasteiger partial charge in [0.05, 0.1) is 33.8 Å². The highest BCUT2D eigenvalue weighted by Gasteiger charge is 2.30. The lowest BCUT2D eigenvalue weighted by molar-refractivity contribution is -0.870. The molecule has 0 aromatic rings. The summed E-state index contributed by atoms with van der Waals surface area (Å²) in [5.74, 6) is -0.537. The SMILES string of the molecule is CCCCC/C=C\C/C=C\C/C=C\C/C=C\CCCCCC(=O)NC(COP(=O)(O)OCC[N+](C)(C)C)C(/C=C/CCCCCCCCCCCC)OC(=O)CCCCCCCCCCCCC/C=C/CCCCCCCC. The van der Waals surface area contributed by atoms with E-state index in [2.05, 4.69) is 86.8 Å². The molecule has 0 fully saturated rings. The largest absolute Gasteiger partial charge is 0.472 e. The third-order valence-electron chi connectivity index (χ3n) is 14.4. The minimum Gasteiger partial charge on any atom is -0.456 e. The molecule has 0 heterocycles. The van der Waals surface area contributed by atoms with Gasteiger partial charge in [-0.15, -0.1) is 0 Å². The number of phosphoric ester groups is 1. The molecule has 2 N–H and O–H groups in total. The van der Waals surface area contributed by atoms with Crippen molar-refractivity contribution >= 4 is 19.7 Å². The highest BCUT2D eigenvalue weighted by Crippen LogP contribution is 2.43. The summed E-state index contributed by atoms with van der Waals surface area (Å²) >= 11 is 0. The quantitative estimate of drug-likeness (QED) is 0.0205. The Hall–Kier alpha value is -2.55. The van der Waals surface area contributed by atoms with Crippen LogP contribution in [-0.4, -0.2) is 74.3 Å². The summed E-state index contributed by atoms with van der Waals surface area (Å²) in [6.45, 7) is 6.97. The summed E-state index contributed by atoms with van der Waals surface area (Å²) < 4.78 is 30.7. The number of amides is 1. The van der Waals surface area contributed by atoms with E-state index in [1.165, 1.54) is 180 Å². The van der Waals surface area contributed by atoms with E-state index in [-0.39, 0.29) is 31.5 Å². The van der Waals surface area contributed by atoms with Gasteiger partial charge >= 0.3 is 13.8 Å². The van der Waals surface area contributed by atoms with Crippen LogP contribution in [0, 0.1) is 0 Å². The second-order valence-corrected chi connectivity index (χ2v) is 24.7. The number of nitrogens with one attached hydrogen (secondary N) is 1. The van der Waals surface area contributed by atoms with Crippen LogP contribution in [-0.2, 0) is 27.9 Å². The molecule has 3 atom stereocenters. The molecule has 78 heavy (non-hydrogen) atoms. The average molecular weight is 1110 g/mol. The molecule has 0 bridgehead atoms. The predicted octanol–water partition coefficient (Wildman–Crippen LogP) is 20.4. The summed E-state index contributed by atoms with van der Waals surface area (Å²) in [6, 6.07) is -0.868. The Balaban J connectivity index is 5.24. The van der Waals surface area contributed by atoms with Gasteiger partial charge in [-0.25, -0.2) is 4.57 Å². The molecule has 0 aliphatic carbocycles. The van der Waals surface area contributed by atoms with Crippen LogP contribution in [0.5, 0.6) is 0 Å². The Morgan fingerprint density at radius 3 is 1.22 bits per heavy atom. The number of quaternary nitrogens is 1. The molecule has 0 aromatic carbocycles. The Morgan fingerprint density at radius 2 is 0.782 bits per heavy atom. The van der Waals surface area contributed by atoms with Crippen LogP contribution in [0.1, 0.15) is 297 Å². The van der Waals surface area contributed by atoms with Crippen molar-refractivity contribution in [2.24, 2.45) is 0 Å². The topological polar surface area (TPSA) is 111 Å². The second-order valence-electron chi connectivity index (χ2n) is 23.3. The maximum Gasteiger partial charge on any atom is 0.472 e. The van der Waals surface area contributed by atoms with E-state index in [0.29, 0.717) is 23.9 Å². The molecule has 0 saturated carbocycles. The highest BCUT2D eigenvalue weighted by molar-refractivity contribution is 7.47. The molecular weight excluding hydrogens is 988 g/mol. The van der Waals surface area contributed by atoms with Gasteiger partial charge in [-0.1, -0.05) is 255 Å². The van der Waals surface area contributed by atoms with Gasteiger partial charge in [0.25, 0.3) is 0 Å². The summed E-state index contributed by atoms with van der Waals surface area (Å²) in [6.07, 6.45) is 74.7. The molecule has 3 unspecified atom stereocenters. The molecule has 10 heteroatoms. The molecule has 0 aromatic heterocycles. The first-order valence-electron chi connectivity index (χ1n) is 32.8. The van der Waals surface area contributed by atoms with Crippen LogP contribution >= 0.6 is 7.82 Å². The van der Waals surface area contributed by atoms with E-state index in [9.17, 15) is 19.0 Å². The van der Waals surface area contributed by atoms with Gasteiger partial charge < -0.3 is 19.4 Å². The molecule has 0 aliphatic rings. The lowest BCUT2D eigenvalue weighted by Crippen LogP contribution is -2.47. The van der Waals surface area contributed by atoms with Gasteiger partial charge in [0, 0.05) is 12.8 Å². The monoisotopic (exact) mass is 1110 g/mol. The number of unbranched alkanes of at least 4 members (excludes halogenated alkanes) is 33. The number of likely N-dealkylation sites (N-methyl/N-ethyl adjacent to an activating group) is 1. The maximum absolute atomic E-state index is 13.6. The first kappa shape index (κ1) is 75.5. The third-order valence-corrected chi connectivity index (χ3v) is 15.4. The number of carbonyl (C=O) groups is 2. The average Bonchev–Trinajstić information content (AvgIpc) is 3.40. The van der Waals surface area contributed by atoms with Gasteiger partial charge in [0.2, 0.25) is 5.91 Å². The fraction of sp³-hybridized carbons (Fsp3) is 0.794. The van der Waals surface area contributed by atoms with Crippen LogP contribution in [0.4, 0.5) is 0 Å². The van der Waals surface area contributed by atoms with Crippen LogP contribution in [0.3, 0.4) is 0 Å². The first-order chi connectivity index (χ1) is 37.9. The number of hydrogen-bond donors (Lipinski definition) is 2. The second kappa shape index (κ2) is 57.7. The number of phosphoric acid groups is 1. The molecule has 0 saturated heterocycles. The summed E-state index contributed by atoms with van der Waals surface area (Å²) in [7, 11) is 1.47. The Labute approximate surface area is 483 Å². The Kier molecular flexibility index (Phi) is 55.8. The van der Waals surface area contributed by atoms with Crippen molar-refractivity contribution in [3.05, 3.63) is 72.9 Å². The molecule has 0 spiro atoms. The molecule has 9 nitrogen and oxygen atoms in total. The van der Waals surface area contributed by atoms with Crippen molar-refractivity contribution in [3.8, 4) is 0 Å². The van der Waals surface area contributed by atoms with Gasteiger partial charge in [0.15, 0.2) is 0 Å². The lowest BCUT2D eigenvalue weighted by Gasteiger charge is -2.27. The smallest absolute Gasteiger partial charge is 0.456 e. The van der Waals surface area contributed by atoms with E-state index in [4.69, 9.17) is 13.8 Å². The number of rotatable bonds is 59. The molecule has 0 aliphatic heterocycles. The summed E-state index contributed by atoms with van der Waals surface area (Å²) in [5, 5.41) is 3.04. The minimum absolute atomic E-state index is 0.0320. The lowest BCUT2D eigenvalue weighted by atomic mass is 10.0.